The van der Waals surface area contributed by atoms with Crippen molar-refractivity contribution in [1.29, 1.82) is 0 Å². The second-order valence-corrected chi connectivity index (χ2v) is 8.41. The lowest BCUT2D eigenvalue weighted by Gasteiger charge is -2.44. The molecule has 0 radical (unpaired) electrons. The molecule has 2 aromatic rings. The number of benzene rings is 1. The highest BCUT2D eigenvalue weighted by Crippen LogP contribution is 2.29. The van der Waals surface area contributed by atoms with Crippen LogP contribution >= 0.6 is 0 Å². The fourth-order valence-corrected chi connectivity index (χ4v) is 4.55. The van der Waals surface area contributed by atoms with Crippen LogP contribution in [-0.4, -0.2) is 76.4 Å². The maximum Gasteiger partial charge on any atom is 0.256 e. The maximum atomic E-state index is 13.7. The van der Waals surface area contributed by atoms with Crippen molar-refractivity contribution in [2.45, 2.75) is 44.8 Å². The standard InChI is InChI=1S/C24H32N4O4/c1-2-26-14-16-31-21-10-4-3-8-20(21)9-5-6-11-24(23(26)30)19-27(15-17-32-24)22(29)18-28-13-7-12-25-28/h3-4,7-8,10,12-13H,2,5-6,9,11,14-19H2,1H3. The molecular weight excluding hydrogens is 408 g/mol. The molecule has 172 valence electrons. The number of rotatable bonds is 3. The number of ether oxygens (including phenoxy) is 2. The smallest absolute Gasteiger partial charge is 0.256 e. The molecule has 1 aromatic heterocycles. The van der Waals surface area contributed by atoms with Gasteiger partial charge in [-0.3, -0.25) is 14.3 Å². The third-order valence-electron chi connectivity index (χ3n) is 6.32. The molecule has 0 saturated carbocycles. The molecule has 1 saturated heterocycles. The van der Waals surface area contributed by atoms with E-state index < -0.39 is 5.60 Å². The summed E-state index contributed by atoms with van der Waals surface area (Å²) >= 11 is 0. The van der Waals surface area contributed by atoms with E-state index in [1.54, 1.807) is 32.9 Å². The normalized spacial score (nSPS) is 22.6. The molecule has 0 bridgehead atoms. The minimum absolute atomic E-state index is 0.0457. The first-order chi connectivity index (χ1) is 15.6. The fraction of sp³-hybridized carbons (Fsp3) is 0.542. The van der Waals surface area contributed by atoms with Crippen LogP contribution in [0.4, 0.5) is 0 Å². The van der Waals surface area contributed by atoms with E-state index in [4.69, 9.17) is 9.47 Å². The highest BCUT2D eigenvalue weighted by Gasteiger charge is 2.46. The molecule has 2 amide bonds. The van der Waals surface area contributed by atoms with Crippen molar-refractivity contribution in [3.05, 3.63) is 48.3 Å². The van der Waals surface area contributed by atoms with E-state index >= 15 is 0 Å². The van der Waals surface area contributed by atoms with Gasteiger partial charge in [0.05, 0.1) is 19.7 Å². The molecule has 1 atom stereocenters. The van der Waals surface area contributed by atoms with E-state index in [1.165, 1.54) is 5.56 Å². The van der Waals surface area contributed by atoms with Crippen molar-refractivity contribution < 1.29 is 19.1 Å². The van der Waals surface area contributed by atoms with Gasteiger partial charge in [0.25, 0.3) is 5.91 Å². The third-order valence-corrected chi connectivity index (χ3v) is 6.32. The number of likely N-dealkylation sites (N-methyl/N-ethyl adjacent to an activating group) is 1. The van der Waals surface area contributed by atoms with Crippen LogP contribution in [0.2, 0.25) is 0 Å². The average molecular weight is 441 g/mol. The number of hydrogen-bond acceptors (Lipinski definition) is 5. The van der Waals surface area contributed by atoms with Gasteiger partial charge in [-0.25, -0.2) is 0 Å². The summed E-state index contributed by atoms with van der Waals surface area (Å²) < 4.78 is 13.8. The number of carbonyl (C=O) groups is 2. The first kappa shape index (κ1) is 22.3. The molecule has 8 heteroatoms. The molecule has 3 heterocycles. The number of hydrogen-bond donors (Lipinski definition) is 0. The Balaban J connectivity index is 1.52. The highest BCUT2D eigenvalue weighted by atomic mass is 16.5. The summed E-state index contributed by atoms with van der Waals surface area (Å²) in [5.41, 5.74) is 0.185. The first-order valence-corrected chi connectivity index (χ1v) is 11.5. The van der Waals surface area contributed by atoms with Crippen LogP contribution < -0.4 is 4.74 Å². The van der Waals surface area contributed by atoms with Crippen molar-refractivity contribution in [2.24, 2.45) is 0 Å². The third kappa shape index (κ3) is 4.96. The van der Waals surface area contributed by atoms with E-state index in [9.17, 15) is 9.59 Å². The molecule has 2 aliphatic heterocycles. The summed E-state index contributed by atoms with van der Waals surface area (Å²) in [7, 11) is 0. The van der Waals surface area contributed by atoms with Crippen LogP contribution in [0.5, 0.6) is 5.75 Å². The number of aromatic nitrogens is 2. The summed E-state index contributed by atoms with van der Waals surface area (Å²) in [5, 5.41) is 4.13. The summed E-state index contributed by atoms with van der Waals surface area (Å²) in [6.45, 7) is 4.72. The predicted octanol–water partition coefficient (Wildman–Crippen LogP) is 2.13. The molecule has 4 rings (SSSR count). The van der Waals surface area contributed by atoms with Gasteiger partial charge in [-0.1, -0.05) is 18.2 Å². The molecule has 1 aromatic carbocycles. The van der Waals surface area contributed by atoms with Gasteiger partial charge in [-0.15, -0.1) is 0 Å². The number of carbonyl (C=O) groups excluding carboxylic acids is 2. The van der Waals surface area contributed by atoms with Crippen LogP contribution in [0, 0.1) is 0 Å². The van der Waals surface area contributed by atoms with Crippen molar-refractivity contribution in [3.8, 4) is 5.75 Å². The molecule has 0 aliphatic carbocycles. The van der Waals surface area contributed by atoms with Crippen molar-refractivity contribution >= 4 is 11.8 Å². The lowest BCUT2D eigenvalue weighted by molar-refractivity contribution is -0.176. The summed E-state index contributed by atoms with van der Waals surface area (Å²) in [5.74, 6) is 0.806. The molecule has 0 N–H and O–H groups in total. The number of para-hydroxylation sites is 1. The van der Waals surface area contributed by atoms with Crippen LogP contribution in [0.3, 0.4) is 0 Å². The Morgan fingerprint density at radius 2 is 2.03 bits per heavy atom. The fourth-order valence-electron chi connectivity index (χ4n) is 4.55. The number of fused-ring (bicyclic) bond motifs is 1. The van der Waals surface area contributed by atoms with Crippen LogP contribution in [0.15, 0.2) is 42.7 Å². The summed E-state index contributed by atoms with van der Waals surface area (Å²) in [4.78, 5) is 30.2. The van der Waals surface area contributed by atoms with Crippen molar-refractivity contribution in [2.75, 3.05) is 39.4 Å². The molecule has 1 unspecified atom stereocenters. The van der Waals surface area contributed by atoms with Gasteiger partial charge in [0, 0.05) is 25.5 Å². The lowest BCUT2D eigenvalue weighted by atomic mass is 9.91. The van der Waals surface area contributed by atoms with E-state index in [-0.39, 0.29) is 24.9 Å². The van der Waals surface area contributed by atoms with Crippen LogP contribution in [-0.2, 0) is 27.3 Å². The van der Waals surface area contributed by atoms with Crippen LogP contribution in [0.25, 0.3) is 0 Å². The monoisotopic (exact) mass is 440 g/mol. The van der Waals surface area contributed by atoms with Gasteiger partial charge in [0.2, 0.25) is 5.91 Å². The molecule has 2 aliphatic rings. The Bertz CT molecular complexity index is 916. The van der Waals surface area contributed by atoms with Crippen molar-refractivity contribution in [3.63, 3.8) is 0 Å². The molecular formula is C24H32N4O4. The molecule has 32 heavy (non-hydrogen) atoms. The quantitative estimate of drug-likeness (QED) is 0.731. The summed E-state index contributed by atoms with van der Waals surface area (Å²) in [6, 6.07) is 9.90. The molecule has 1 fully saturated rings. The van der Waals surface area contributed by atoms with E-state index in [1.807, 2.05) is 25.1 Å². The largest absolute Gasteiger partial charge is 0.491 e. The van der Waals surface area contributed by atoms with Crippen molar-refractivity contribution in [1.82, 2.24) is 19.6 Å². The van der Waals surface area contributed by atoms with Gasteiger partial charge in [-0.2, -0.15) is 5.10 Å². The lowest BCUT2D eigenvalue weighted by Crippen LogP contribution is -2.62. The van der Waals surface area contributed by atoms with Gasteiger partial charge >= 0.3 is 0 Å². The van der Waals surface area contributed by atoms with Gasteiger partial charge in [0.15, 0.2) is 5.60 Å². The minimum Gasteiger partial charge on any atom is -0.491 e. The number of amides is 2. The maximum absolute atomic E-state index is 13.7. The second-order valence-electron chi connectivity index (χ2n) is 8.41. The van der Waals surface area contributed by atoms with Gasteiger partial charge in [-0.05, 0) is 50.3 Å². The topological polar surface area (TPSA) is 76.9 Å². The SMILES string of the molecule is CCN1CCOc2ccccc2CCCCC2(CN(C(=O)Cn3cccn3)CCO2)C1=O. The Kier molecular flexibility index (Phi) is 7.09. The number of nitrogens with zero attached hydrogens (tertiary/aromatic N) is 4. The number of aryl methyl sites for hydroxylation is 1. The van der Waals surface area contributed by atoms with E-state index in [2.05, 4.69) is 11.2 Å². The Hall–Kier alpha value is -2.87. The molecule has 8 nitrogen and oxygen atoms in total. The van der Waals surface area contributed by atoms with Gasteiger partial charge in [0.1, 0.15) is 18.9 Å². The predicted molar refractivity (Wildman–Crippen MR) is 119 cm³/mol. The second kappa shape index (κ2) is 10.2. The highest BCUT2D eigenvalue weighted by molar-refractivity contribution is 5.87. The number of morpholine rings is 1. The Morgan fingerprint density at radius 3 is 2.84 bits per heavy atom. The van der Waals surface area contributed by atoms with Gasteiger partial charge < -0.3 is 19.3 Å². The van der Waals surface area contributed by atoms with E-state index in [0.717, 1.165) is 25.0 Å². The zero-order valence-corrected chi connectivity index (χ0v) is 18.7. The summed E-state index contributed by atoms with van der Waals surface area (Å²) in [6.07, 6.45) is 6.66. The molecule has 1 spiro atoms. The zero-order valence-electron chi connectivity index (χ0n) is 18.7. The first-order valence-electron chi connectivity index (χ1n) is 11.5. The Labute approximate surface area is 189 Å². The van der Waals surface area contributed by atoms with E-state index in [0.29, 0.717) is 39.3 Å². The van der Waals surface area contributed by atoms with Crippen LogP contribution in [0.1, 0.15) is 31.7 Å². The Morgan fingerprint density at radius 1 is 1.16 bits per heavy atom. The zero-order chi connectivity index (χ0) is 22.4. The average Bonchev–Trinajstić information content (AvgIpc) is 3.32. The minimum atomic E-state index is -1.01.